The third kappa shape index (κ3) is 6.14. The van der Waals surface area contributed by atoms with Crippen LogP contribution in [0, 0.1) is 0 Å². The minimum atomic E-state index is -5.08. The molecule has 0 radical (unpaired) electrons. The molecule has 0 aromatic carbocycles. The summed E-state index contributed by atoms with van der Waals surface area (Å²) in [7, 11) is 0. The van der Waals surface area contributed by atoms with Crippen molar-refractivity contribution in [1.29, 1.82) is 0 Å². The SMILES string of the molecule is CC(C)NC(=O)C1Cn2ccnc2C2(CCN(Cc3ccco3)CC2)O1.O=C(O)C(F)(F)F. The highest BCUT2D eigenvalue weighted by molar-refractivity contribution is 5.81. The minimum Gasteiger partial charge on any atom is -0.475 e. The summed E-state index contributed by atoms with van der Waals surface area (Å²) < 4.78 is 45.7. The predicted molar refractivity (Wildman–Crippen MR) is 109 cm³/mol. The van der Waals surface area contributed by atoms with Gasteiger partial charge in [-0.1, -0.05) is 0 Å². The molecule has 1 atom stereocenters. The van der Waals surface area contributed by atoms with Crippen molar-refractivity contribution < 1.29 is 37.0 Å². The predicted octanol–water partition coefficient (Wildman–Crippen LogP) is 2.52. The Morgan fingerprint density at radius 3 is 2.55 bits per heavy atom. The Bertz CT molecular complexity index is 934. The molecule has 0 aliphatic carbocycles. The Morgan fingerprint density at radius 2 is 2.00 bits per heavy atom. The number of likely N-dealkylation sites (tertiary alicyclic amines) is 1. The second kappa shape index (κ2) is 9.96. The summed E-state index contributed by atoms with van der Waals surface area (Å²) in [4.78, 5) is 28.4. The summed E-state index contributed by atoms with van der Waals surface area (Å²) in [5.41, 5.74) is -0.486. The first-order valence-electron chi connectivity index (χ1n) is 10.5. The van der Waals surface area contributed by atoms with E-state index in [4.69, 9.17) is 19.1 Å². The van der Waals surface area contributed by atoms with Crippen molar-refractivity contribution in [3.8, 4) is 0 Å². The first-order chi connectivity index (χ1) is 15.5. The van der Waals surface area contributed by atoms with Gasteiger partial charge in [0.05, 0.1) is 19.4 Å². The molecule has 182 valence electrons. The van der Waals surface area contributed by atoms with Gasteiger partial charge in [0.25, 0.3) is 5.91 Å². The maximum absolute atomic E-state index is 12.5. The van der Waals surface area contributed by atoms with Crippen LogP contribution >= 0.6 is 0 Å². The molecule has 1 fully saturated rings. The first kappa shape index (κ1) is 24.8. The van der Waals surface area contributed by atoms with Crippen molar-refractivity contribution >= 4 is 11.9 Å². The molecule has 4 heterocycles. The average Bonchev–Trinajstić information content (AvgIpc) is 3.41. The Hall–Kier alpha value is -2.86. The number of hydrogen-bond acceptors (Lipinski definition) is 6. The van der Waals surface area contributed by atoms with E-state index in [2.05, 4.69) is 19.8 Å². The summed E-state index contributed by atoms with van der Waals surface area (Å²) in [5.74, 6) is -0.880. The lowest BCUT2D eigenvalue weighted by Crippen LogP contribution is -2.54. The van der Waals surface area contributed by atoms with E-state index in [9.17, 15) is 18.0 Å². The highest BCUT2D eigenvalue weighted by atomic mass is 19.4. The van der Waals surface area contributed by atoms with Gasteiger partial charge in [0.1, 0.15) is 17.2 Å². The van der Waals surface area contributed by atoms with Crippen LogP contribution in [0.5, 0.6) is 0 Å². The molecule has 2 aromatic rings. The average molecular weight is 472 g/mol. The molecule has 12 heteroatoms. The van der Waals surface area contributed by atoms with Crippen molar-refractivity contribution in [3.05, 3.63) is 42.4 Å². The maximum Gasteiger partial charge on any atom is 0.490 e. The van der Waals surface area contributed by atoms with Crippen LogP contribution in [0.4, 0.5) is 13.2 Å². The molecule has 2 aliphatic rings. The van der Waals surface area contributed by atoms with Crippen molar-refractivity contribution in [2.45, 2.75) is 63.7 Å². The highest BCUT2D eigenvalue weighted by Gasteiger charge is 2.47. The fourth-order valence-electron chi connectivity index (χ4n) is 3.95. The molecule has 2 N–H and O–H groups in total. The molecule has 33 heavy (non-hydrogen) atoms. The van der Waals surface area contributed by atoms with Crippen LogP contribution in [0.2, 0.25) is 0 Å². The van der Waals surface area contributed by atoms with Gasteiger partial charge in [0.2, 0.25) is 0 Å². The van der Waals surface area contributed by atoms with E-state index in [1.54, 1.807) is 12.5 Å². The Morgan fingerprint density at radius 1 is 1.33 bits per heavy atom. The van der Waals surface area contributed by atoms with Crippen molar-refractivity contribution in [3.63, 3.8) is 0 Å². The van der Waals surface area contributed by atoms with Crippen molar-refractivity contribution in [1.82, 2.24) is 19.8 Å². The van der Waals surface area contributed by atoms with Gasteiger partial charge < -0.3 is 24.1 Å². The number of fused-ring (bicyclic) bond motifs is 2. The Labute approximate surface area is 188 Å². The number of rotatable bonds is 4. The molecule has 1 spiro atoms. The summed E-state index contributed by atoms with van der Waals surface area (Å²) in [6.07, 6.45) is 1.53. The number of nitrogens with one attached hydrogen (secondary N) is 1. The number of alkyl halides is 3. The number of furan rings is 1. The number of imidazole rings is 1. The zero-order chi connectivity index (χ0) is 24.2. The van der Waals surface area contributed by atoms with Gasteiger partial charge in [-0.2, -0.15) is 13.2 Å². The normalized spacial score (nSPS) is 20.1. The number of aliphatic carboxylic acids is 1. The van der Waals surface area contributed by atoms with Gasteiger partial charge in [0, 0.05) is 31.5 Å². The van der Waals surface area contributed by atoms with Crippen molar-refractivity contribution in [2.24, 2.45) is 0 Å². The molecule has 1 saturated heterocycles. The fraction of sp³-hybridized carbons (Fsp3) is 0.571. The van der Waals surface area contributed by atoms with E-state index < -0.39 is 23.9 Å². The summed E-state index contributed by atoms with van der Waals surface area (Å²) >= 11 is 0. The molecule has 1 amide bonds. The summed E-state index contributed by atoms with van der Waals surface area (Å²) in [5, 5.41) is 10.1. The van der Waals surface area contributed by atoms with Crippen molar-refractivity contribution in [2.75, 3.05) is 13.1 Å². The largest absolute Gasteiger partial charge is 0.490 e. The van der Waals surface area contributed by atoms with Gasteiger partial charge in [-0.15, -0.1) is 0 Å². The topological polar surface area (TPSA) is 110 Å². The van der Waals surface area contributed by atoms with Gasteiger partial charge in [-0.05, 0) is 38.8 Å². The molecule has 0 bridgehead atoms. The lowest BCUT2D eigenvalue weighted by atomic mass is 9.88. The number of carbonyl (C=O) groups is 2. The fourth-order valence-corrected chi connectivity index (χ4v) is 3.95. The third-order valence-electron chi connectivity index (χ3n) is 5.44. The van der Waals surface area contributed by atoms with E-state index in [-0.39, 0.29) is 11.9 Å². The smallest absolute Gasteiger partial charge is 0.475 e. The molecule has 4 rings (SSSR count). The number of carboxylic acid groups (broad SMARTS) is 1. The van der Waals surface area contributed by atoms with Gasteiger partial charge in [-0.3, -0.25) is 9.69 Å². The zero-order valence-electron chi connectivity index (χ0n) is 18.3. The second-order valence-electron chi connectivity index (χ2n) is 8.33. The number of halogens is 3. The molecule has 0 saturated carbocycles. The molecule has 2 aliphatic heterocycles. The van der Waals surface area contributed by atoms with Crippen LogP contribution in [0.3, 0.4) is 0 Å². The number of piperidine rings is 1. The lowest BCUT2D eigenvalue weighted by molar-refractivity contribution is -0.192. The molecular weight excluding hydrogens is 445 g/mol. The molecular formula is C21H27F3N4O5. The van der Waals surface area contributed by atoms with Crippen LogP contribution in [0.1, 0.15) is 38.3 Å². The number of ether oxygens (including phenoxy) is 1. The molecule has 1 unspecified atom stereocenters. The first-order valence-corrected chi connectivity index (χ1v) is 10.5. The summed E-state index contributed by atoms with van der Waals surface area (Å²) in [6.45, 7) is 7.01. The van der Waals surface area contributed by atoms with E-state index in [0.717, 1.165) is 44.1 Å². The van der Waals surface area contributed by atoms with E-state index in [1.807, 2.05) is 32.2 Å². The van der Waals surface area contributed by atoms with Crippen LogP contribution in [0.15, 0.2) is 35.2 Å². The quantitative estimate of drug-likeness (QED) is 0.704. The van der Waals surface area contributed by atoms with Crippen LogP contribution in [0.25, 0.3) is 0 Å². The number of carbonyl (C=O) groups excluding carboxylic acids is 1. The molecule has 2 aromatic heterocycles. The van der Waals surface area contributed by atoms with Crippen LogP contribution in [-0.4, -0.2) is 62.8 Å². The van der Waals surface area contributed by atoms with Crippen LogP contribution < -0.4 is 5.32 Å². The molecule has 9 nitrogen and oxygen atoms in total. The van der Waals surface area contributed by atoms with E-state index in [1.165, 1.54) is 0 Å². The number of carboxylic acids is 1. The minimum absolute atomic E-state index is 0.0447. The zero-order valence-corrected chi connectivity index (χ0v) is 18.3. The van der Waals surface area contributed by atoms with Gasteiger partial charge in [-0.25, -0.2) is 9.78 Å². The highest BCUT2D eigenvalue weighted by Crippen LogP contribution is 2.40. The van der Waals surface area contributed by atoms with E-state index >= 15 is 0 Å². The third-order valence-corrected chi connectivity index (χ3v) is 5.44. The number of amides is 1. The Balaban J connectivity index is 0.000000383. The van der Waals surface area contributed by atoms with E-state index in [0.29, 0.717) is 6.54 Å². The standard InChI is InChI=1S/C19H26N4O3.C2HF3O2/c1-14(2)21-17(24)16-13-23-10-7-20-18(23)19(26-16)5-8-22(9-6-19)12-15-4-3-11-25-15;3-2(4,5)1(6)7/h3-4,7,10-11,14,16H,5-6,8-9,12-13H2,1-2H3,(H,21,24);(H,6,7). The number of aromatic nitrogens is 2. The second-order valence-corrected chi connectivity index (χ2v) is 8.33. The monoisotopic (exact) mass is 472 g/mol. The Kier molecular flexibility index (Phi) is 7.48. The number of hydrogen-bond donors (Lipinski definition) is 2. The maximum atomic E-state index is 12.5. The summed E-state index contributed by atoms with van der Waals surface area (Å²) in [6, 6.07) is 4.02. The van der Waals surface area contributed by atoms with Crippen LogP contribution in [-0.2, 0) is 33.0 Å². The lowest BCUT2D eigenvalue weighted by Gasteiger charge is -2.45. The van der Waals surface area contributed by atoms with Gasteiger partial charge >= 0.3 is 12.1 Å². The number of nitrogens with zero attached hydrogens (tertiary/aromatic N) is 3. The van der Waals surface area contributed by atoms with Gasteiger partial charge in [0.15, 0.2) is 6.10 Å².